The van der Waals surface area contributed by atoms with Crippen LogP contribution in [-0.2, 0) is 4.74 Å². The molecule has 0 aliphatic heterocycles. The summed E-state index contributed by atoms with van der Waals surface area (Å²) in [5.74, 6) is -0.407. The van der Waals surface area contributed by atoms with Gasteiger partial charge in [-0.05, 0) is 24.3 Å². The first-order valence-electron chi connectivity index (χ1n) is 4.75. The van der Waals surface area contributed by atoms with Crippen LogP contribution in [-0.4, -0.2) is 17.6 Å². The normalized spacial score (nSPS) is 10.1. The topological polar surface area (TPSA) is 31.2 Å². The Morgan fingerprint density at radius 3 is 2.50 bits per heavy atom. The summed E-state index contributed by atoms with van der Waals surface area (Å²) in [6, 6.07) is 12.7. The molecule has 1 aromatic heterocycles. The number of halogens is 1. The molecule has 0 N–H and O–H groups in total. The summed E-state index contributed by atoms with van der Waals surface area (Å²) >= 11 is 6.04. The van der Waals surface area contributed by atoms with Gasteiger partial charge in [0.25, 0.3) is 0 Å². The van der Waals surface area contributed by atoms with E-state index in [1.165, 1.54) is 7.11 Å². The lowest BCUT2D eigenvalue weighted by Crippen LogP contribution is -2.08. The highest BCUT2D eigenvalue weighted by molar-refractivity contribution is 6.30. The summed E-state index contributed by atoms with van der Waals surface area (Å²) in [4.78, 5) is 11.5. The molecule has 1 heterocycles. The predicted octanol–water partition coefficient (Wildman–Crippen LogP) is 2.92. The molecule has 0 bridgehead atoms. The molecule has 0 aliphatic rings. The van der Waals surface area contributed by atoms with E-state index in [4.69, 9.17) is 16.3 Å². The van der Waals surface area contributed by atoms with Gasteiger partial charge in [0.2, 0.25) is 0 Å². The third kappa shape index (κ3) is 1.82. The van der Waals surface area contributed by atoms with Crippen molar-refractivity contribution < 1.29 is 9.53 Å². The second-order valence-corrected chi connectivity index (χ2v) is 3.59. The van der Waals surface area contributed by atoms with Crippen molar-refractivity contribution in [3.63, 3.8) is 0 Å². The molecule has 0 saturated heterocycles. The van der Waals surface area contributed by atoms with Crippen LogP contribution in [0.25, 0.3) is 5.69 Å². The summed E-state index contributed by atoms with van der Waals surface area (Å²) in [5, 5.41) is 0.478. The van der Waals surface area contributed by atoms with Crippen molar-refractivity contribution in [2.45, 2.75) is 0 Å². The number of para-hydroxylation sites is 1. The first kappa shape index (κ1) is 10.8. The van der Waals surface area contributed by atoms with Crippen LogP contribution >= 0.6 is 11.6 Å². The molecule has 0 saturated carbocycles. The van der Waals surface area contributed by atoms with Gasteiger partial charge in [0.1, 0.15) is 10.8 Å². The molecule has 0 amide bonds. The number of nitrogens with zero attached hydrogens (tertiary/aromatic N) is 1. The highest BCUT2D eigenvalue weighted by Gasteiger charge is 2.15. The lowest BCUT2D eigenvalue weighted by molar-refractivity contribution is 0.0591. The maximum atomic E-state index is 11.5. The zero-order valence-corrected chi connectivity index (χ0v) is 9.44. The second kappa shape index (κ2) is 4.41. The van der Waals surface area contributed by atoms with E-state index >= 15 is 0 Å². The van der Waals surface area contributed by atoms with E-state index in [0.717, 1.165) is 5.69 Å². The highest BCUT2D eigenvalue weighted by Crippen LogP contribution is 2.21. The molecule has 2 aromatic rings. The SMILES string of the molecule is COC(=O)c1ccc(Cl)n1-c1ccccc1. The molecular formula is C12H10ClNO2. The number of hydrogen-bond donors (Lipinski definition) is 0. The number of carbonyl (C=O) groups excluding carboxylic acids is 1. The van der Waals surface area contributed by atoms with E-state index in [1.54, 1.807) is 16.7 Å². The fraction of sp³-hybridized carbons (Fsp3) is 0.0833. The minimum Gasteiger partial charge on any atom is -0.464 e. The maximum absolute atomic E-state index is 11.5. The van der Waals surface area contributed by atoms with Gasteiger partial charge in [0, 0.05) is 5.69 Å². The monoisotopic (exact) mass is 235 g/mol. The Morgan fingerprint density at radius 1 is 1.19 bits per heavy atom. The van der Waals surface area contributed by atoms with E-state index in [0.29, 0.717) is 10.8 Å². The maximum Gasteiger partial charge on any atom is 0.355 e. The first-order chi connectivity index (χ1) is 7.74. The van der Waals surface area contributed by atoms with Crippen LogP contribution in [0.3, 0.4) is 0 Å². The Kier molecular flexibility index (Phi) is 2.97. The number of benzene rings is 1. The largest absolute Gasteiger partial charge is 0.464 e. The van der Waals surface area contributed by atoms with E-state index in [9.17, 15) is 4.79 Å². The standard InChI is InChI=1S/C12H10ClNO2/c1-16-12(15)10-7-8-11(13)14(10)9-5-3-2-4-6-9/h2-8H,1H3. The molecule has 1 aromatic carbocycles. The van der Waals surface area contributed by atoms with E-state index in [-0.39, 0.29) is 0 Å². The van der Waals surface area contributed by atoms with Crippen LogP contribution in [0.1, 0.15) is 10.5 Å². The lowest BCUT2D eigenvalue weighted by atomic mass is 10.3. The molecule has 0 radical (unpaired) electrons. The molecule has 82 valence electrons. The molecule has 0 atom stereocenters. The van der Waals surface area contributed by atoms with E-state index < -0.39 is 5.97 Å². The number of ether oxygens (including phenoxy) is 1. The van der Waals surface area contributed by atoms with Crippen molar-refractivity contribution in [1.29, 1.82) is 0 Å². The predicted molar refractivity (Wildman–Crippen MR) is 62.1 cm³/mol. The Labute approximate surface area is 98.2 Å². The van der Waals surface area contributed by atoms with Crippen LogP contribution < -0.4 is 0 Å². The zero-order chi connectivity index (χ0) is 11.5. The van der Waals surface area contributed by atoms with Crippen molar-refractivity contribution in [2.75, 3.05) is 7.11 Å². The second-order valence-electron chi connectivity index (χ2n) is 3.20. The van der Waals surface area contributed by atoms with Crippen LogP contribution in [0.2, 0.25) is 5.15 Å². The van der Waals surface area contributed by atoms with Gasteiger partial charge < -0.3 is 4.74 Å². The zero-order valence-electron chi connectivity index (χ0n) is 8.68. The number of hydrogen-bond acceptors (Lipinski definition) is 2. The summed E-state index contributed by atoms with van der Waals surface area (Å²) < 4.78 is 6.34. The third-order valence-corrected chi connectivity index (χ3v) is 2.54. The number of carbonyl (C=O) groups is 1. The summed E-state index contributed by atoms with van der Waals surface area (Å²) in [7, 11) is 1.35. The van der Waals surface area contributed by atoms with Crippen molar-refractivity contribution >= 4 is 17.6 Å². The van der Waals surface area contributed by atoms with Gasteiger partial charge in [0.05, 0.1) is 7.11 Å². The van der Waals surface area contributed by atoms with Gasteiger partial charge in [-0.2, -0.15) is 0 Å². The van der Waals surface area contributed by atoms with Crippen LogP contribution in [0.15, 0.2) is 42.5 Å². The van der Waals surface area contributed by atoms with Gasteiger partial charge in [-0.3, -0.25) is 4.57 Å². The number of aromatic nitrogens is 1. The van der Waals surface area contributed by atoms with E-state index in [2.05, 4.69) is 0 Å². The van der Waals surface area contributed by atoms with Gasteiger partial charge in [-0.25, -0.2) is 4.79 Å². The molecule has 4 heteroatoms. The van der Waals surface area contributed by atoms with Crippen LogP contribution in [0.4, 0.5) is 0 Å². The average molecular weight is 236 g/mol. The molecule has 2 rings (SSSR count). The summed E-state index contributed by atoms with van der Waals surface area (Å²) in [6.07, 6.45) is 0. The van der Waals surface area contributed by atoms with Crippen LogP contribution in [0.5, 0.6) is 0 Å². The number of rotatable bonds is 2. The fourth-order valence-corrected chi connectivity index (χ4v) is 1.77. The third-order valence-electron chi connectivity index (χ3n) is 2.24. The molecule has 0 fully saturated rings. The van der Waals surface area contributed by atoms with Crippen molar-refractivity contribution in [3.05, 3.63) is 53.3 Å². The average Bonchev–Trinajstić information content (AvgIpc) is 2.71. The summed E-state index contributed by atoms with van der Waals surface area (Å²) in [6.45, 7) is 0. The summed E-state index contributed by atoms with van der Waals surface area (Å²) in [5.41, 5.74) is 1.25. The van der Waals surface area contributed by atoms with Crippen LogP contribution in [0, 0.1) is 0 Å². The van der Waals surface area contributed by atoms with Gasteiger partial charge >= 0.3 is 5.97 Å². The molecule has 3 nitrogen and oxygen atoms in total. The van der Waals surface area contributed by atoms with E-state index in [1.807, 2.05) is 30.3 Å². The number of methoxy groups -OCH3 is 1. The van der Waals surface area contributed by atoms with Crippen molar-refractivity contribution in [3.8, 4) is 5.69 Å². The number of esters is 1. The lowest BCUT2D eigenvalue weighted by Gasteiger charge is -2.08. The molecule has 0 aliphatic carbocycles. The minimum atomic E-state index is -0.407. The Hall–Kier alpha value is -1.74. The smallest absolute Gasteiger partial charge is 0.355 e. The quantitative estimate of drug-likeness (QED) is 0.750. The molecule has 0 unspecified atom stereocenters. The minimum absolute atomic E-state index is 0.407. The van der Waals surface area contributed by atoms with Crippen molar-refractivity contribution in [2.24, 2.45) is 0 Å². The molecular weight excluding hydrogens is 226 g/mol. The van der Waals surface area contributed by atoms with Gasteiger partial charge in [-0.15, -0.1) is 0 Å². The Bertz CT molecular complexity index is 505. The van der Waals surface area contributed by atoms with Gasteiger partial charge in [-0.1, -0.05) is 29.8 Å². The van der Waals surface area contributed by atoms with Crippen molar-refractivity contribution in [1.82, 2.24) is 4.57 Å². The molecule has 16 heavy (non-hydrogen) atoms. The Balaban J connectivity index is 2.56. The highest BCUT2D eigenvalue weighted by atomic mass is 35.5. The fourth-order valence-electron chi connectivity index (χ4n) is 1.52. The molecule has 0 spiro atoms. The Morgan fingerprint density at radius 2 is 1.88 bits per heavy atom. The van der Waals surface area contributed by atoms with Gasteiger partial charge in [0.15, 0.2) is 0 Å². The first-order valence-corrected chi connectivity index (χ1v) is 5.13.